The van der Waals surface area contributed by atoms with Crippen molar-refractivity contribution in [1.29, 1.82) is 0 Å². The van der Waals surface area contributed by atoms with Crippen molar-refractivity contribution in [3.05, 3.63) is 72.3 Å². The van der Waals surface area contributed by atoms with Crippen LogP contribution in [0.2, 0.25) is 0 Å². The van der Waals surface area contributed by atoms with Crippen LogP contribution < -0.4 is 16.0 Å². The Balaban J connectivity index is 1.61. The van der Waals surface area contributed by atoms with Crippen molar-refractivity contribution in [2.45, 2.75) is 31.7 Å². The number of nitrogens with zero attached hydrogens (tertiary/aromatic N) is 2. The molecule has 0 amide bonds. The zero-order chi connectivity index (χ0) is 22.8. The van der Waals surface area contributed by atoms with E-state index in [0.29, 0.717) is 11.9 Å². The predicted molar refractivity (Wildman–Crippen MR) is 130 cm³/mol. The summed E-state index contributed by atoms with van der Waals surface area (Å²) < 4.78 is 27.5. The van der Waals surface area contributed by atoms with Gasteiger partial charge in [0.15, 0.2) is 0 Å². The number of nitrogens with one attached hydrogen (secondary N) is 3. The van der Waals surface area contributed by atoms with Gasteiger partial charge >= 0.3 is 0 Å². The first kappa shape index (κ1) is 21.5. The van der Waals surface area contributed by atoms with Gasteiger partial charge in [-0.1, -0.05) is 24.3 Å². The summed E-state index contributed by atoms with van der Waals surface area (Å²) in [5.41, 5.74) is 3.37. The molecule has 0 spiro atoms. The summed E-state index contributed by atoms with van der Waals surface area (Å²) >= 11 is 0. The summed E-state index contributed by atoms with van der Waals surface area (Å²) in [6, 6.07) is 9.67. The standard InChI is InChI=1S/C26H27F2N5/c1-2-4-23(17-7-8-17)31-25-22-6-3-5-21(16-9-11-29-12-10-16)24(22)32-26(33-25)30-20-14-18(27)13-19(28)15-20/h2-3,5-6,9,13-15,17,23,29H,1,4,7-8,10-12H2,(H2,30,31,32,33)/t23-/m1/s1. The van der Waals surface area contributed by atoms with E-state index in [9.17, 15) is 8.78 Å². The first-order chi connectivity index (χ1) is 16.1. The molecule has 7 heteroatoms. The highest BCUT2D eigenvalue weighted by molar-refractivity contribution is 5.98. The predicted octanol–water partition coefficient (Wildman–Crippen LogP) is 5.79. The minimum absolute atomic E-state index is 0.238. The van der Waals surface area contributed by atoms with Crippen molar-refractivity contribution in [2.75, 3.05) is 23.7 Å². The lowest BCUT2D eigenvalue weighted by Gasteiger charge is -2.21. The fraction of sp³-hybridized carbons (Fsp3) is 0.308. The van der Waals surface area contributed by atoms with Crippen molar-refractivity contribution in [3.63, 3.8) is 0 Å². The van der Waals surface area contributed by atoms with Crippen molar-refractivity contribution in [1.82, 2.24) is 15.3 Å². The van der Waals surface area contributed by atoms with E-state index in [0.717, 1.165) is 54.3 Å². The molecule has 3 N–H and O–H groups in total. The van der Waals surface area contributed by atoms with E-state index < -0.39 is 11.6 Å². The smallest absolute Gasteiger partial charge is 0.229 e. The maximum atomic E-state index is 13.8. The van der Waals surface area contributed by atoms with Crippen molar-refractivity contribution in [2.24, 2.45) is 5.92 Å². The minimum atomic E-state index is -0.656. The maximum Gasteiger partial charge on any atom is 0.229 e. The second-order valence-corrected chi connectivity index (χ2v) is 8.68. The van der Waals surface area contributed by atoms with Crippen LogP contribution in [0, 0.1) is 17.6 Å². The van der Waals surface area contributed by atoms with E-state index in [4.69, 9.17) is 9.97 Å². The second-order valence-electron chi connectivity index (χ2n) is 8.68. The molecule has 0 bridgehead atoms. The third-order valence-electron chi connectivity index (χ3n) is 6.19. The van der Waals surface area contributed by atoms with E-state index in [1.807, 2.05) is 18.2 Å². The summed E-state index contributed by atoms with van der Waals surface area (Å²) in [7, 11) is 0. The lowest BCUT2D eigenvalue weighted by atomic mass is 9.97. The number of hydrogen-bond donors (Lipinski definition) is 3. The SMILES string of the molecule is C=CC[C@@H](Nc1nc(Nc2cc(F)cc(F)c2)nc2c(C3=CCNCC3)cccc12)C1CC1. The van der Waals surface area contributed by atoms with Gasteiger partial charge < -0.3 is 16.0 Å². The van der Waals surface area contributed by atoms with E-state index in [-0.39, 0.29) is 11.7 Å². The number of benzene rings is 2. The highest BCUT2D eigenvalue weighted by Gasteiger charge is 2.31. The lowest BCUT2D eigenvalue weighted by Crippen LogP contribution is -2.22. The molecule has 1 saturated carbocycles. The normalized spacial score (nSPS) is 16.8. The van der Waals surface area contributed by atoms with Gasteiger partial charge in [-0.3, -0.25) is 0 Å². The van der Waals surface area contributed by atoms with Gasteiger partial charge in [0.25, 0.3) is 0 Å². The molecule has 170 valence electrons. The Bertz CT molecular complexity index is 1200. The van der Waals surface area contributed by atoms with Gasteiger partial charge in [-0.15, -0.1) is 6.58 Å². The topological polar surface area (TPSA) is 61.9 Å². The monoisotopic (exact) mass is 447 g/mol. The van der Waals surface area contributed by atoms with Crippen molar-refractivity contribution in [3.8, 4) is 0 Å². The molecule has 5 nitrogen and oxygen atoms in total. The molecule has 2 aromatic carbocycles. The molecule has 5 rings (SSSR count). The molecule has 33 heavy (non-hydrogen) atoms. The number of aromatic nitrogens is 2. The third-order valence-corrected chi connectivity index (χ3v) is 6.19. The van der Waals surface area contributed by atoms with Crippen LogP contribution in [0.25, 0.3) is 16.5 Å². The molecule has 1 atom stereocenters. The molecular weight excluding hydrogens is 420 g/mol. The summed E-state index contributed by atoms with van der Waals surface area (Å²) in [5.74, 6) is 0.297. The Morgan fingerprint density at radius 1 is 1.15 bits per heavy atom. The zero-order valence-electron chi connectivity index (χ0n) is 18.4. The summed E-state index contributed by atoms with van der Waals surface area (Å²) in [6.07, 6.45) is 8.24. The van der Waals surface area contributed by atoms with Gasteiger partial charge in [-0.05, 0) is 61.9 Å². The van der Waals surface area contributed by atoms with E-state index in [2.05, 4.69) is 34.7 Å². The molecule has 0 unspecified atom stereocenters. The van der Waals surface area contributed by atoms with Crippen LogP contribution in [0.15, 0.2) is 55.1 Å². The quantitative estimate of drug-likeness (QED) is 0.381. The molecule has 0 saturated heterocycles. The van der Waals surface area contributed by atoms with Crippen LogP contribution in [-0.4, -0.2) is 29.1 Å². The Labute approximate surface area is 192 Å². The van der Waals surface area contributed by atoms with Gasteiger partial charge in [0.05, 0.1) is 5.52 Å². The fourth-order valence-electron chi connectivity index (χ4n) is 4.42. The Morgan fingerprint density at radius 2 is 1.97 bits per heavy atom. The highest BCUT2D eigenvalue weighted by atomic mass is 19.1. The van der Waals surface area contributed by atoms with Gasteiger partial charge in [-0.2, -0.15) is 4.98 Å². The minimum Gasteiger partial charge on any atom is -0.366 e. The van der Waals surface area contributed by atoms with Crippen LogP contribution in [-0.2, 0) is 0 Å². The van der Waals surface area contributed by atoms with Crippen molar-refractivity contribution < 1.29 is 8.78 Å². The Morgan fingerprint density at radius 3 is 2.67 bits per heavy atom. The molecule has 0 radical (unpaired) electrons. The molecule has 2 aliphatic rings. The number of hydrogen-bond acceptors (Lipinski definition) is 5. The zero-order valence-corrected chi connectivity index (χ0v) is 18.4. The maximum absolute atomic E-state index is 13.8. The fourth-order valence-corrected chi connectivity index (χ4v) is 4.42. The molecule has 2 heterocycles. The second kappa shape index (κ2) is 9.27. The van der Waals surface area contributed by atoms with Crippen molar-refractivity contribution >= 4 is 33.9 Å². The average molecular weight is 448 g/mol. The largest absolute Gasteiger partial charge is 0.366 e. The average Bonchev–Trinajstić information content (AvgIpc) is 3.64. The number of anilines is 3. The third kappa shape index (κ3) is 4.88. The molecule has 1 aromatic heterocycles. The Kier molecular flexibility index (Phi) is 6.05. The number of rotatable bonds is 8. The molecule has 1 aliphatic carbocycles. The first-order valence-electron chi connectivity index (χ1n) is 11.4. The Hall–Kier alpha value is -3.32. The van der Waals surface area contributed by atoms with Gasteiger partial charge in [0.2, 0.25) is 5.95 Å². The summed E-state index contributed by atoms with van der Waals surface area (Å²) in [4.78, 5) is 9.52. The lowest BCUT2D eigenvalue weighted by molar-refractivity contribution is 0.584. The number of halogens is 2. The summed E-state index contributed by atoms with van der Waals surface area (Å²) in [6.45, 7) is 5.64. The number of fused-ring (bicyclic) bond motifs is 1. The van der Waals surface area contributed by atoms with E-state index in [1.165, 1.54) is 30.5 Å². The summed E-state index contributed by atoms with van der Waals surface area (Å²) in [5, 5.41) is 10.9. The molecule has 1 aliphatic heterocycles. The highest BCUT2D eigenvalue weighted by Crippen LogP contribution is 2.38. The van der Waals surface area contributed by atoms with Crippen LogP contribution in [0.3, 0.4) is 0 Å². The van der Waals surface area contributed by atoms with Crippen LogP contribution in [0.4, 0.5) is 26.2 Å². The molecular formula is C26H27F2N5. The van der Waals surface area contributed by atoms with E-state index in [1.54, 1.807) is 0 Å². The van der Waals surface area contributed by atoms with E-state index >= 15 is 0 Å². The van der Waals surface area contributed by atoms with Gasteiger partial charge in [-0.25, -0.2) is 13.8 Å². The van der Waals surface area contributed by atoms with Crippen LogP contribution >= 0.6 is 0 Å². The first-order valence-corrected chi connectivity index (χ1v) is 11.4. The van der Waals surface area contributed by atoms with Gasteiger partial charge in [0.1, 0.15) is 17.5 Å². The molecule has 3 aromatic rings. The van der Waals surface area contributed by atoms with Gasteiger partial charge in [0, 0.05) is 35.3 Å². The van der Waals surface area contributed by atoms with Crippen LogP contribution in [0.5, 0.6) is 0 Å². The van der Waals surface area contributed by atoms with Crippen LogP contribution in [0.1, 0.15) is 31.2 Å². The number of para-hydroxylation sites is 1. The molecule has 1 fully saturated rings.